The maximum absolute atomic E-state index is 17.1. The van der Waals surface area contributed by atoms with Crippen molar-refractivity contribution in [2.45, 2.75) is 82.8 Å². The van der Waals surface area contributed by atoms with E-state index >= 15 is 8.78 Å². The molecule has 3 aromatic carbocycles. The van der Waals surface area contributed by atoms with Gasteiger partial charge >= 0.3 is 6.01 Å². The van der Waals surface area contributed by atoms with Crippen LogP contribution in [0, 0.1) is 27.2 Å². The molecule has 9 nitrogen and oxygen atoms in total. The molecule has 1 aromatic heterocycles. The van der Waals surface area contributed by atoms with Gasteiger partial charge in [0, 0.05) is 25.8 Å². The van der Waals surface area contributed by atoms with Gasteiger partial charge < -0.3 is 19.8 Å². The molecule has 2 heterocycles. The molecule has 2 N–H and O–H groups in total. The number of nitro groups is 1. The number of fused-ring (bicyclic) bond motifs is 5. The van der Waals surface area contributed by atoms with Crippen molar-refractivity contribution < 1.29 is 28.7 Å². The van der Waals surface area contributed by atoms with Gasteiger partial charge in [-0.1, -0.05) is 31.2 Å². The van der Waals surface area contributed by atoms with E-state index in [1.54, 1.807) is 38.1 Å². The molecule has 1 unspecified atom stereocenters. The lowest BCUT2D eigenvalue weighted by Crippen LogP contribution is -2.51. The van der Waals surface area contributed by atoms with E-state index in [9.17, 15) is 20.3 Å². The summed E-state index contributed by atoms with van der Waals surface area (Å²) in [6.45, 7) is 4.35. The van der Waals surface area contributed by atoms with Crippen molar-refractivity contribution in [3.63, 3.8) is 0 Å². The summed E-state index contributed by atoms with van der Waals surface area (Å²) in [5.41, 5.74) is -2.02. The average molecular weight is 633 g/mol. The molecule has 0 spiro atoms. The lowest BCUT2D eigenvalue weighted by molar-refractivity contribution is -0.384. The number of aliphatic hydroxyl groups is 2. The number of hydrogen-bond acceptors (Lipinski definition) is 8. The number of nitro benzene ring substituents is 1. The number of aryl methyl sites for hydroxylation is 1. The third-order valence-electron chi connectivity index (χ3n) is 10.7. The fourth-order valence-corrected chi connectivity index (χ4v) is 8.06. The Hall–Kier alpha value is -3.96. The molecule has 4 aromatic rings. The fraction of sp³-hybridized carbons (Fsp3) is 0.486. The first-order chi connectivity index (χ1) is 22.0. The summed E-state index contributed by atoms with van der Waals surface area (Å²) in [6.07, 6.45) is 6.06. The third-order valence-corrected chi connectivity index (χ3v) is 10.7. The zero-order valence-electron chi connectivity index (χ0n) is 26.1. The van der Waals surface area contributed by atoms with Crippen LogP contribution in [0.3, 0.4) is 0 Å². The van der Waals surface area contributed by atoms with Crippen LogP contribution in [0.4, 0.5) is 20.3 Å². The quantitative estimate of drug-likeness (QED) is 0.165. The Kier molecular flexibility index (Phi) is 7.39. The summed E-state index contributed by atoms with van der Waals surface area (Å²) in [6, 6.07) is 9.25. The molecule has 46 heavy (non-hydrogen) atoms. The Morgan fingerprint density at radius 2 is 1.80 bits per heavy atom. The SMILES string of the molecule is CCc1c(F)ccc2cccc(-c3c([N+](=O)[O-])cc4c(N5CCCC(C)(O)C5)nc(OC56CCC(CO)(CC5)CC6)nc4c3F)c12. The molecule has 1 atom stereocenters. The van der Waals surface area contributed by atoms with Crippen molar-refractivity contribution >= 4 is 33.2 Å². The Morgan fingerprint density at radius 3 is 2.46 bits per heavy atom. The summed E-state index contributed by atoms with van der Waals surface area (Å²) in [5.74, 6) is -1.11. The van der Waals surface area contributed by atoms with E-state index in [1.165, 1.54) is 12.1 Å². The smallest absolute Gasteiger partial charge is 0.319 e. The number of hydrogen-bond donors (Lipinski definition) is 2. The summed E-state index contributed by atoms with van der Waals surface area (Å²) in [7, 11) is 0. The topological polar surface area (TPSA) is 122 Å². The number of halogens is 2. The minimum atomic E-state index is -1.04. The first-order valence-electron chi connectivity index (χ1n) is 16.1. The van der Waals surface area contributed by atoms with Gasteiger partial charge in [0.05, 0.1) is 21.5 Å². The second-order valence-corrected chi connectivity index (χ2v) is 13.8. The van der Waals surface area contributed by atoms with Crippen LogP contribution in [0.25, 0.3) is 32.8 Å². The van der Waals surface area contributed by atoms with Crippen LogP contribution >= 0.6 is 0 Å². The van der Waals surface area contributed by atoms with Gasteiger partial charge in [-0.15, -0.1) is 0 Å². The van der Waals surface area contributed by atoms with Gasteiger partial charge in [-0.2, -0.15) is 9.97 Å². The van der Waals surface area contributed by atoms with Crippen LogP contribution < -0.4 is 9.64 Å². The van der Waals surface area contributed by atoms with Gasteiger partial charge in [0.15, 0.2) is 5.82 Å². The summed E-state index contributed by atoms with van der Waals surface area (Å²) in [5, 5.41) is 34.8. The van der Waals surface area contributed by atoms with Gasteiger partial charge in [0.2, 0.25) is 0 Å². The van der Waals surface area contributed by atoms with Crippen molar-refractivity contribution in [3.05, 3.63) is 63.7 Å². The van der Waals surface area contributed by atoms with Gasteiger partial charge in [-0.05, 0) is 98.1 Å². The zero-order chi connectivity index (χ0) is 32.4. The van der Waals surface area contributed by atoms with E-state index in [0.717, 1.165) is 19.3 Å². The van der Waals surface area contributed by atoms with E-state index in [0.29, 0.717) is 61.4 Å². The molecular weight excluding hydrogens is 594 g/mol. The van der Waals surface area contributed by atoms with Crippen LogP contribution in [-0.4, -0.2) is 56.0 Å². The van der Waals surface area contributed by atoms with Crippen molar-refractivity contribution in [2.75, 3.05) is 24.6 Å². The Balaban J connectivity index is 1.46. The Bertz CT molecular complexity index is 1860. The molecule has 0 amide bonds. The van der Waals surface area contributed by atoms with E-state index in [1.807, 2.05) is 4.90 Å². The minimum Gasteiger partial charge on any atom is -0.457 e. The van der Waals surface area contributed by atoms with Crippen LogP contribution in [0.2, 0.25) is 0 Å². The standard InChI is InChI=1S/C35H38F2N4O5/c1-3-22-25(36)9-8-21-6-4-7-23(27(21)22)28-26(41(44)45)18-24-30(29(28)37)38-32(39-31(24)40-17-5-10-33(2,43)19-40)46-35-14-11-34(20-42,12-15-35)13-16-35/h4,6-9,18,42-43H,3,5,10-17,19-20H2,1-2H3. The second kappa shape index (κ2) is 11.1. The molecule has 8 rings (SSSR count). The van der Waals surface area contributed by atoms with E-state index in [4.69, 9.17) is 9.72 Å². The van der Waals surface area contributed by atoms with Crippen LogP contribution in [0.5, 0.6) is 6.01 Å². The predicted molar refractivity (Wildman–Crippen MR) is 171 cm³/mol. The monoisotopic (exact) mass is 632 g/mol. The zero-order valence-corrected chi connectivity index (χ0v) is 26.1. The number of piperidine rings is 1. The first kappa shape index (κ1) is 30.7. The van der Waals surface area contributed by atoms with Crippen LogP contribution in [0.15, 0.2) is 36.4 Å². The molecule has 3 saturated carbocycles. The first-order valence-corrected chi connectivity index (χ1v) is 16.1. The number of anilines is 1. The number of aromatic nitrogens is 2. The molecule has 4 aliphatic rings. The van der Waals surface area contributed by atoms with E-state index in [2.05, 4.69) is 4.98 Å². The number of nitrogens with zero attached hydrogens (tertiary/aromatic N) is 4. The highest BCUT2D eigenvalue weighted by Gasteiger charge is 2.50. The van der Waals surface area contributed by atoms with Gasteiger partial charge in [0.1, 0.15) is 22.8 Å². The van der Waals surface area contributed by atoms with Gasteiger partial charge in [-0.3, -0.25) is 10.1 Å². The molecular formula is C35H38F2N4O5. The van der Waals surface area contributed by atoms with E-state index < -0.39 is 33.4 Å². The number of benzene rings is 3. The maximum Gasteiger partial charge on any atom is 0.319 e. The normalized spacial score (nSPS) is 26.2. The lowest BCUT2D eigenvalue weighted by Gasteiger charge is -2.51. The van der Waals surface area contributed by atoms with Gasteiger partial charge in [0.25, 0.3) is 5.69 Å². The van der Waals surface area contributed by atoms with Gasteiger partial charge in [-0.25, -0.2) is 8.78 Å². The third kappa shape index (κ3) is 5.04. The van der Waals surface area contributed by atoms with Crippen molar-refractivity contribution in [2.24, 2.45) is 5.41 Å². The van der Waals surface area contributed by atoms with Crippen molar-refractivity contribution in [1.82, 2.24) is 9.97 Å². The summed E-state index contributed by atoms with van der Waals surface area (Å²) in [4.78, 5) is 23.2. The minimum absolute atomic E-state index is 0.0250. The molecule has 4 fully saturated rings. The molecule has 1 aliphatic heterocycles. The highest BCUT2D eigenvalue weighted by atomic mass is 19.1. The molecule has 11 heteroatoms. The number of rotatable bonds is 7. The molecule has 0 radical (unpaired) electrons. The van der Waals surface area contributed by atoms with Crippen molar-refractivity contribution in [1.29, 1.82) is 0 Å². The van der Waals surface area contributed by atoms with Crippen molar-refractivity contribution in [3.8, 4) is 17.1 Å². The molecule has 2 bridgehead atoms. The fourth-order valence-electron chi connectivity index (χ4n) is 8.06. The highest BCUT2D eigenvalue weighted by Crippen LogP contribution is 2.54. The maximum atomic E-state index is 17.1. The summed E-state index contributed by atoms with van der Waals surface area (Å²) < 4.78 is 38.7. The average Bonchev–Trinajstić information content (AvgIpc) is 3.04. The Labute approximate surface area is 265 Å². The van der Waals surface area contributed by atoms with Crippen LogP contribution in [0.1, 0.15) is 70.8 Å². The number of ether oxygens (including phenoxy) is 1. The second-order valence-electron chi connectivity index (χ2n) is 13.8. The van der Waals surface area contributed by atoms with Crippen LogP contribution in [-0.2, 0) is 6.42 Å². The molecule has 1 saturated heterocycles. The highest BCUT2D eigenvalue weighted by molar-refractivity contribution is 6.05. The van der Waals surface area contributed by atoms with E-state index in [-0.39, 0.29) is 52.4 Å². The number of β-amino-alcohol motifs (C(OH)–C–C–N with tert-alkyl or cyclic N) is 1. The predicted octanol–water partition coefficient (Wildman–Crippen LogP) is 7.01. The molecule has 3 aliphatic carbocycles. The number of aliphatic hydroxyl groups excluding tert-OH is 1. The lowest BCUT2D eigenvalue weighted by atomic mass is 9.59. The largest absolute Gasteiger partial charge is 0.457 e. The molecule has 242 valence electrons. The Morgan fingerprint density at radius 1 is 1.07 bits per heavy atom. The summed E-state index contributed by atoms with van der Waals surface area (Å²) >= 11 is 0.